The molecule has 3 aromatic rings. The lowest BCUT2D eigenvalue weighted by atomic mass is 10.2. The lowest BCUT2D eigenvalue weighted by Crippen LogP contribution is -2.25. The number of hydrogen-bond donors (Lipinski definition) is 1. The monoisotopic (exact) mass is 452 g/mol. The second kappa shape index (κ2) is 7.49. The van der Waals surface area contributed by atoms with Crippen LogP contribution in [0.25, 0.3) is 22.6 Å². The molecule has 3 heterocycles. The average molecular weight is 452 g/mol. The van der Waals surface area contributed by atoms with Crippen molar-refractivity contribution in [2.45, 2.75) is 37.4 Å². The summed E-state index contributed by atoms with van der Waals surface area (Å²) in [6.45, 7) is 4.64. The van der Waals surface area contributed by atoms with Gasteiger partial charge in [0.05, 0.1) is 38.1 Å². The fraction of sp³-hybridized carbons (Fsp3) is 0.368. The fourth-order valence-electron chi connectivity index (χ4n) is 2.83. The van der Waals surface area contributed by atoms with Crippen LogP contribution in [0.5, 0.6) is 5.75 Å². The molecule has 0 aliphatic carbocycles. The van der Waals surface area contributed by atoms with Crippen molar-refractivity contribution in [3.05, 3.63) is 30.2 Å². The summed E-state index contributed by atoms with van der Waals surface area (Å²) in [6, 6.07) is 4.15. The van der Waals surface area contributed by atoms with Crippen molar-refractivity contribution in [1.82, 2.24) is 19.5 Å². The number of nitrogens with one attached hydrogen (secondary N) is 1. The van der Waals surface area contributed by atoms with E-state index in [0.717, 1.165) is 12.3 Å². The van der Waals surface area contributed by atoms with Gasteiger partial charge in [-0.3, -0.25) is 0 Å². The van der Waals surface area contributed by atoms with E-state index < -0.39 is 27.2 Å². The third-order valence-electron chi connectivity index (χ3n) is 4.50. The van der Waals surface area contributed by atoms with E-state index in [1.165, 1.54) is 30.7 Å². The van der Waals surface area contributed by atoms with Crippen molar-refractivity contribution in [1.29, 1.82) is 10.0 Å². The number of ether oxygens (including phenoxy) is 1. The zero-order valence-corrected chi connectivity index (χ0v) is 17.9. The minimum absolute atomic E-state index is 0.0173. The van der Waals surface area contributed by atoms with Crippen LogP contribution in [0.15, 0.2) is 29.4 Å². The van der Waals surface area contributed by atoms with Gasteiger partial charge in [-0.05, 0) is 19.9 Å². The Hall–Kier alpha value is -3.20. The maximum absolute atomic E-state index is 13.0. The lowest BCUT2D eigenvalue weighted by Gasteiger charge is -2.19. The second-order valence-electron chi connectivity index (χ2n) is 7.26. The van der Waals surface area contributed by atoms with Gasteiger partial charge < -0.3 is 9.30 Å². The standard InChI is InChI=1S/C19H19F3N6O2S/c1-5-31(24,29)14-6-11(30-18(2,3)10-23)8-26-16(14)17-27-12-7-15(19(20,21)22)25-9-13(12)28(17)4/h6-9,24H,5H2,1-4H3/t31-/m0/s1. The minimum atomic E-state index is -4.63. The molecule has 31 heavy (non-hydrogen) atoms. The SMILES string of the molecule is CC[S@](=N)(=O)c1cc(OC(C)(C)C#N)cnc1-c1nc2cc(C(F)(F)F)ncc2n1C. The van der Waals surface area contributed by atoms with E-state index in [1.54, 1.807) is 14.0 Å². The molecule has 0 fully saturated rings. The number of rotatable bonds is 5. The maximum Gasteiger partial charge on any atom is 0.433 e. The first kappa shape index (κ1) is 22.5. The van der Waals surface area contributed by atoms with Gasteiger partial charge in [-0.25, -0.2) is 23.9 Å². The quantitative estimate of drug-likeness (QED) is 0.621. The molecular formula is C19H19F3N6O2S. The van der Waals surface area contributed by atoms with Gasteiger partial charge in [-0.1, -0.05) is 6.92 Å². The molecule has 0 amide bonds. The van der Waals surface area contributed by atoms with Gasteiger partial charge >= 0.3 is 6.18 Å². The Labute approximate surface area is 176 Å². The molecule has 0 radical (unpaired) electrons. The van der Waals surface area contributed by atoms with Crippen LogP contribution in [-0.2, 0) is 23.0 Å². The molecule has 8 nitrogen and oxygen atoms in total. The van der Waals surface area contributed by atoms with Crippen LogP contribution < -0.4 is 4.74 Å². The Kier molecular flexibility index (Phi) is 5.43. The van der Waals surface area contributed by atoms with Crippen molar-refractivity contribution >= 4 is 20.8 Å². The average Bonchev–Trinajstić information content (AvgIpc) is 3.03. The number of halogens is 3. The first-order valence-corrected chi connectivity index (χ1v) is 10.8. The molecule has 0 saturated carbocycles. The number of nitrogens with zero attached hydrogens (tertiary/aromatic N) is 5. The van der Waals surface area contributed by atoms with E-state index >= 15 is 0 Å². The largest absolute Gasteiger partial charge is 0.471 e. The summed E-state index contributed by atoms with van der Waals surface area (Å²) in [5.41, 5.74) is -1.84. The van der Waals surface area contributed by atoms with E-state index in [4.69, 9.17) is 9.52 Å². The molecule has 12 heteroatoms. The summed E-state index contributed by atoms with van der Waals surface area (Å²) in [6.07, 6.45) is -2.28. The van der Waals surface area contributed by atoms with Gasteiger partial charge in [0.2, 0.25) is 0 Å². The van der Waals surface area contributed by atoms with E-state index in [0.29, 0.717) is 5.52 Å². The Morgan fingerprint density at radius 2 is 1.94 bits per heavy atom. The summed E-state index contributed by atoms with van der Waals surface area (Å²) in [4.78, 5) is 12.0. The fourth-order valence-corrected chi connectivity index (χ4v) is 3.90. The molecule has 1 atom stereocenters. The minimum Gasteiger partial charge on any atom is -0.471 e. The van der Waals surface area contributed by atoms with Gasteiger partial charge in [0, 0.05) is 18.9 Å². The number of imidazole rings is 1. The summed E-state index contributed by atoms with van der Waals surface area (Å²) >= 11 is 0. The molecule has 164 valence electrons. The van der Waals surface area contributed by atoms with E-state index in [1.807, 2.05) is 6.07 Å². The second-order valence-corrected chi connectivity index (χ2v) is 9.62. The van der Waals surface area contributed by atoms with Crippen LogP contribution in [0.2, 0.25) is 0 Å². The van der Waals surface area contributed by atoms with Crippen LogP contribution in [-0.4, -0.2) is 35.1 Å². The number of hydrogen-bond acceptors (Lipinski definition) is 7. The highest BCUT2D eigenvalue weighted by Gasteiger charge is 2.33. The van der Waals surface area contributed by atoms with Crippen molar-refractivity contribution in [2.75, 3.05) is 5.75 Å². The highest BCUT2D eigenvalue weighted by atomic mass is 32.2. The van der Waals surface area contributed by atoms with E-state index in [-0.39, 0.29) is 33.4 Å². The molecule has 0 saturated heterocycles. The number of alkyl halides is 3. The lowest BCUT2D eigenvalue weighted by molar-refractivity contribution is -0.141. The highest BCUT2D eigenvalue weighted by molar-refractivity contribution is 7.92. The van der Waals surface area contributed by atoms with Crippen LogP contribution >= 0.6 is 0 Å². The first-order chi connectivity index (χ1) is 14.3. The number of fused-ring (bicyclic) bond motifs is 1. The number of pyridine rings is 2. The topological polar surface area (TPSA) is 118 Å². The Morgan fingerprint density at radius 1 is 1.26 bits per heavy atom. The molecule has 0 aliphatic heterocycles. The molecule has 0 bridgehead atoms. The molecule has 0 aromatic carbocycles. The summed E-state index contributed by atoms with van der Waals surface area (Å²) in [5.74, 6) is 0.236. The normalized spacial score (nSPS) is 14.3. The third kappa shape index (κ3) is 4.32. The van der Waals surface area contributed by atoms with Crippen molar-refractivity contribution in [2.24, 2.45) is 7.05 Å². The van der Waals surface area contributed by atoms with Crippen molar-refractivity contribution in [3.8, 4) is 23.3 Å². The smallest absolute Gasteiger partial charge is 0.433 e. The van der Waals surface area contributed by atoms with Gasteiger partial charge in [0.1, 0.15) is 23.2 Å². The number of aryl methyl sites for hydroxylation is 1. The van der Waals surface area contributed by atoms with Gasteiger partial charge in [0.15, 0.2) is 11.4 Å². The van der Waals surface area contributed by atoms with Crippen LogP contribution in [0, 0.1) is 16.1 Å². The number of nitriles is 1. The van der Waals surface area contributed by atoms with Crippen LogP contribution in [0.1, 0.15) is 26.5 Å². The van der Waals surface area contributed by atoms with Crippen molar-refractivity contribution in [3.63, 3.8) is 0 Å². The van der Waals surface area contributed by atoms with Crippen molar-refractivity contribution < 1.29 is 22.1 Å². The first-order valence-electron chi connectivity index (χ1n) is 9.06. The third-order valence-corrected chi connectivity index (χ3v) is 6.34. The molecule has 0 aliphatic rings. The van der Waals surface area contributed by atoms with Gasteiger partial charge in [0.25, 0.3) is 0 Å². The molecule has 0 spiro atoms. The van der Waals surface area contributed by atoms with Gasteiger partial charge in [-0.15, -0.1) is 0 Å². The number of aromatic nitrogens is 4. The van der Waals surface area contributed by atoms with Crippen LogP contribution in [0.3, 0.4) is 0 Å². The molecule has 3 rings (SSSR count). The Balaban J connectivity index is 2.23. The van der Waals surface area contributed by atoms with E-state index in [9.17, 15) is 22.6 Å². The predicted octanol–water partition coefficient (Wildman–Crippen LogP) is 4.16. The summed E-state index contributed by atoms with van der Waals surface area (Å²) in [5, 5.41) is 9.17. The molecule has 1 N–H and O–H groups in total. The molecular weight excluding hydrogens is 433 g/mol. The molecule has 0 unspecified atom stereocenters. The maximum atomic E-state index is 13.0. The predicted molar refractivity (Wildman–Crippen MR) is 107 cm³/mol. The van der Waals surface area contributed by atoms with Crippen LogP contribution in [0.4, 0.5) is 13.2 Å². The summed E-state index contributed by atoms with van der Waals surface area (Å²) < 4.78 is 67.3. The van der Waals surface area contributed by atoms with Gasteiger partial charge in [-0.2, -0.15) is 18.4 Å². The van der Waals surface area contributed by atoms with E-state index in [2.05, 4.69) is 15.0 Å². The Bertz CT molecular complexity index is 1310. The Morgan fingerprint density at radius 3 is 2.52 bits per heavy atom. The zero-order chi connectivity index (χ0) is 23.2. The summed E-state index contributed by atoms with van der Waals surface area (Å²) in [7, 11) is -1.76. The zero-order valence-electron chi connectivity index (χ0n) is 17.1. The highest BCUT2D eigenvalue weighted by Crippen LogP contribution is 2.34. The molecule has 3 aromatic heterocycles.